The second kappa shape index (κ2) is 6.07. The van der Waals surface area contributed by atoms with Crippen molar-refractivity contribution in [1.82, 2.24) is 20.0 Å². The van der Waals surface area contributed by atoms with Crippen molar-refractivity contribution in [3.05, 3.63) is 35.1 Å². The maximum absolute atomic E-state index is 13.0. The molecule has 0 N–H and O–H groups in total. The minimum Gasteiger partial charge on any atom is -0.360 e. The summed E-state index contributed by atoms with van der Waals surface area (Å²) in [5.41, 5.74) is 2.72. The summed E-state index contributed by atoms with van der Waals surface area (Å²) in [7, 11) is 0. The van der Waals surface area contributed by atoms with Crippen molar-refractivity contribution >= 4 is 11.7 Å². The first-order valence-electron chi connectivity index (χ1n) is 9.49. The average Bonchev–Trinajstić information content (AvgIpc) is 3.34. The lowest BCUT2D eigenvalue weighted by Crippen LogP contribution is -2.34. The number of likely N-dealkylation sites (tertiary alicyclic amines) is 1. The third kappa shape index (κ3) is 2.48. The van der Waals surface area contributed by atoms with E-state index >= 15 is 0 Å². The van der Waals surface area contributed by atoms with Crippen molar-refractivity contribution in [3.8, 4) is 0 Å². The molecule has 1 amide bonds. The molecular formula is C19H23N5O2. The van der Waals surface area contributed by atoms with E-state index in [1.165, 1.54) is 0 Å². The summed E-state index contributed by atoms with van der Waals surface area (Å²) in [6.45, 7) is 5.54. The highest BCUT2D eigenvalue weighted by atomic mass is 16.5. The number of fused-ring (bicyclic) bond motifs is 2. The fourth-order valence-corrected chi connectivity index (χ4v) is 4.76. The molecule has 5 rings (SSSR count). The summed E-state index contributed by atoms with van der Waals surface area (Å²) in [5.74, 6) is 2.99. The van der Waals surface area contributed by atoms with Crippen molar-refractivity contribution in [2.45, 2.75) is 32.6 Å². The number of rotatable bonds is 2. The van der Waals surface area contributed by atoms with Crippen LogP contribution >= 0.6 is 0 Å². The molecule has 136 valence electrons. The molecule has 26 heavy (non-hydrogen) atoms. The van der Waals surface area contributed by atoms with Gasteiger partial charge in [0.15, 0.2) is 5.69 Å². The first-order valence-corrected chi connectivity index (χ1v) is 9.49. The second-order valence-electron chi connectivity index (χ2n) is 7.80. The zero-order valence-corrected chi connectivity index (χ0v) is 15.0. The predicted molar refractivity (Wildman–Crippen MR) is 95.0 cm³/mol. The molecule has 2 fully saturated rings. The highest BCUT2D eigenvalue weighted by molar-refractivity contribution is 5.94. The zero-order valence-electron chi connectivity index (χ0n) is 15.0. The van der Waals surface area contributed by atoms with Gasteiger partial charge in [0.2, 0.25) is 0 Å². The van der Waals surface area contributed by atoms with E-state index in [-0.39, 0.29) is 5.91 Å². The van der Waals surface area contributed by atoms with E-state index in [1.807, 2.05) is 18.0 Å². The fourth-order valence-electron chi connectivity index (χ4n) is 4.76. The third-order valence-electron chi connectivity index (χ3n) is 6.09. The van der Waals surface area contributed by atoms with Gasteiger partial charge in [-0.1, -0.05) is 5.16 Å². The van der Waals surface area contributed by atoms with Gasteiger partial charge in [-0.15, -0.1) is 0 Å². The number of hydrogen-bond acceptors (Lipinski definition) is 6. The Hall–Kier alpha value is -2.44. The van der Waals surface area contributed by atoms with E-state index in [4.69, 9.17) is 4.52 Å². The molecule has 7 heteroatoms. The maximum atomic E-state index is 13.0. The van der Waals surface area contributed by atoms with Crippen LogP contribution in [0, 0.1) is 18.8 Å². The van der Waals surface area contributed by atoms with Crippen LogP contribution < -0.4 is 4.90 Å². The van der Waals surface area contributed by atoms with Crippen molar-refractivity contribution < 1.29 is 9.32 Å². The van der Waals surface area contributed by atoms with Crippen molar-refractivity contribution in [2.75, 3.05) is 31.1 Å². The molecule has 2 atom stereocenters. The van der Waals surface area contributed by atoms with Gasteiger partial charge in [0.25, 0.3) is 5.91 Å². The Balaban J connectivity index is 1.29. The summed E-state index contributed by atoms with van der Waals surface area (Å²) in [4.78, 5) is 25.8. The van der Waals surface area contributed by atoms with Gasteiger partial charge in [0.1, 0.15) is 17.9 Å². The summed E-state index contributed by atoms with van der Waals surface area (Å²) in [5, 5.41) is 4.12. The van der Waals surface area contributed by atoms with E-state index in [9.17, 15) is 4.79 Å². The van der Waals surface area contributed by atoms with Crippen LogP contribution in [0.4, 0.5) is 5.82 Å². The number of carbonyl (C=O) groups is 1. The van der Waals surface area contributed by atoms with Gasteiger partial charge in [0.05, 0.1) is 0 Å². The molecule has 0 radical (unpaired) electrons. The van der Waals surface area contributed by atoms with Gasteiger partial charge in [-0.05, 0) is 26.2 Å². The number of amides is 1. The number of carbonyl (C=O) groups excluding carboxylic acids is 1. The quantitative estimate of drug-likeness (QED) is 0.820. The normalized spacial score (nSPS) is 24.7. The third-order valence-corrected chi connectivity index (χ3v) is 6.09. The molecule has 1 aliphatic carbocycles. The Morgan fingerprint density at radius 3 is 2.69 bits per heavy atom. The topological polar surface area (TPSA) is 75.4 Å². The van der Waals surface area contributed by atoms with Crippen molar-refractivity contribution in [1.29, 1.82) is 0 Å². The van der Waals surface area contributed by atoms with Crippen LogP contribution in [0.25, 0.3) is 0 Å². The number of hydrogen-bond donors (Lipinski definition) is 0. The van der Waals surface area contributed by atoms with Gasteiger partial charge in [-0.3, -0.25) is 4.79 Å². The summed E-state index contributed by atoms with van der Waals surface area (Å²) < 4.78 is 5.43. The van der Waals surface area contributed by atoms with Crippen LogP contribution in [-0.2, 0) is 12.8 Å². The number of anilines is 1. The maximum Gasteiger partial charge on any atom is 0.276 e. The van der Waals surface area contributed by atoms with Crippen LogP contribution in [0.2, 0.25) is 0 Å². The molecule has 2 aromatic rings. The molecule has 0 bridgehead atoms. The molecule has 0 saturated carbocycles. The minimum absolute atomic E-state index is 0.0519. The predicted octanol–water partition coefficient (Wildman–Crippen LogP) is 1.86. The number of aromatic nitrogens is 3. The minimum atomic E-state index is 0.0519. The number of aryl methyl sites for hydroxylation is 2. The van der Waals surface area contributed by atoms with E-state index in [0.29, 0.717) is 17.5 Å². The highest BCUT2D eigenvalue weighted by Gasteiger charge is 2.43. The molecule has 2 aromatic heterocycles. The van der Waals surface area contributed by atoms with Crippen LogP contribution in [0.15, 0.2) is 17.0 Å². The summed E-state index contributed by atoms with van der Waals surface area (Å²) in [6, 6.07) is 0. The largest absolute Gasteiger partial charge is 0.360 e. The van der Waals surface area contributed by atoms with E-state index in [2.05, 4.69) is 20.0 Å². The van der Waals surface area contributed by atoms with Crippen LogP contribution in [0.5, 0.6) is 0 Å². The molecule has 4 heterocycles. The smallest absolute Gasteiger partial charge is 0.276 e. The fraction of sp³-hybridized carbons (Fsp3) is 0.579. The van der Waals surface area contributed by atoms with E-state index in [1.54, 1.807) is 6.33 Å². The molecule has 0 aromatic carbocycles. The lowest BCUT2D eigenvalue weighted by molar-refractivity contribution is 0.0771. The Kier molecular flexibility index (Phi) is 3.69. The molecule has 3 aliphatic rings. The monoisotopic (exact) mass is 353 g/mol. The van der Waals surface area contributed by atoms with Gasteiger partial charge in [-0.2, -0.15) is 0 Å². The summed E-state index contributed by atoms with van der Waals surface area (Å²) >= 11 is 0. The van der Waals surface area contributed by atoms with Crippen LogP contribution in [0.1, 0.15) is 40.2 Å². The van der Waals surface area contributed by atoms with E-state index in [0.717, 1.165) is 74.6 Å². The molecule has 2 unspecified atom stereocenters. The Morgan fingerprint density at radius 1 is 1.15 bits per heavy atom. The first kappa shape index (κ1) is 15.8. The molecule has 2 aliphatic heterocycles. The lowest BCUT2D eigenvalue weighted by atomic mass is 9.96. The Morgan fingerprint density at radius 2 is 1.92 bits per heavy atom. The van der Waals surface area contributed by atoms with E-state index < -0.39 is 0 Å². The van der Waals surface area contributed by atoms with Crippen LogP contribution in [0.3, 0.4) is 0 Å². The Labute approximate surface area is 152 Å². The first-order chi connectivity index (χ1) is 12.7. The molecular weight excluding hydrogens is 330 g/mol. The van der Waals surface area contributed by atoms with Crippen molar-refractivity contribution in [3.63, 3.8) is 0 Å². The van der Waals surface area contributed by atoms with Gasteiger partial charge >= 0.3 is 0 Å². The van der Waals surface area contributed by atoms with Crippen molar-refractivity contribution in [2.24, 2.45) is 11.8 Å². The molecule has 0 spiro atoms. The standard InChI is InChI=1S/C19H23N5O2/c1-12-6-20-11-21-18(12)23-7-13-9-24(10-14(13)8-23)19(25)17-15-4-2-3-5-16(15)26-22-17/h6,11,13-14H,2-5,7-10H2,1H3. The van der Waals surface area contributed by atoms with Gasteiger partial charge in [-0.25, -0.2) is 9.97 Å². The molecule has 7 nitrogen and oxygen atoms in total. The second-order valence-corrected chi connectivity index (χ2v) is 7.80. The SMILES string of the molecule is Cc1cncnc1N1CC2CN(C(=O)c3noc4c3CCCC4)CC2C1. The van der Waals surface area contributed by atoms with Gasteiger partial charge < -0.3 is 14.3 Å². The lowest BCUT2D eigenvalue weighted by Gasteiger charge is -2.23. The van der Waals surface area contributed by atoms with Gasteiger partial charge in [0, 0.05) is 61.8 Å². The molecule has 2 saturated heterocycles. The Bertz CT molecular complexity index is 834. The average molecular weight is 353 g/mol. The summed E-state index contributed by atoms with van der Waals surface area (Å²) in [6.07, 6.45) is 7.55. The number of nitrogens with zero attached hydrogens (tertiary/aromatic N) is 5. The van der Waals surface area contributed by atoms with Crippen LogP contribution in [-0.4, -0.2) is 52.1 Å². The highest BCUT2D eigenvalue weighted by Crippen LogP contribution is 2.35. The zero-order chi connectivity index (χ0) is 17.7.